The maximum atomic E-state index is 11.1. The lowest BCUT2D eigenvalue weighted by Crippen LogP contribution is -2.15. The summed E-state index contributed by atoms with van der Waals surface area (Å²) in [6.07, 6.45) is 0.993. The van der Waals surface area contributed by atoms with Crippen LogP contribution in [0.15, 0.2) is 24.3 Å². The van der Waals surface area contributed by atoms with E-state index >= 15 is 0 Å². The van der Waals surface area contributed by atoms with Crippen molar-refractivity contribution < 1.29 is 14.4 Å². The summed E-state index contributed by atoms with van der Waals surface area (Å²) in [6.45, 7) is 0. The van der Waals surface area contributed by atoms with E-state index in [2.05, 4.69) is 0 Å². The van der Waals surface area contributed by atoms with E-state index in [-0.39, 0.29) is 10.6 Å². The van der Waals surface area contributed by atoms with Gasteiger partial charge in [-0.3, -0.25) is 14.4 Å². The fourth-order valence-corrected chi connectivity index (χ4v) is 1.04. The molecule has 13 heavy (non-hydrogen) atoms. The molecule has 0 N–H and O–H groups in total. The van der Waals surface area contributed by atoms with E-state index < -0.39 is 11.6 Å². The Bertz CT molecular complexity index is 371. The van der Waals surface area contributed by atoms with Crippen molar-refractivity contribution in [1.82, 2.24) is 0 Å². The predicted molar refractivity (Wildman–Crippen MR) is 46.5 cm³/mol. The van der Waals surface area contributed by atoms with Crippen LogP contribution in [0.5, 0.6) is 0 Å². The minimum Gasteiger partial charge on any atom is -0.285 e. The van der Waals surface area contributed by atoms with Crippen molar-refractivity contribution in [1.29, 1.82) is 0 Å². The van der Waals surface area contributed by atoms with Gasteiger partial charge in [0.1, 0.15) is 0 Å². The molecule has 0 spiro atoms. The molecule has 0 saturated carbocycles. The molecule has 1 aromatic rings. The molecule has 0 heterocycles. The molecule has 0 unspecified atom stereocenters. The number of carbonyl (C=O) groups is 2. The normalized spacial score (nSPS) is 9.31. The minimum atomic E-state index is -1.21. The summed E-state index contributed by atoms with van der Waals surface area (Å²) in [6, 6.07) is 6.01. The van der Waals surface area contributed by atoms with E-state index in [9.17, 15) is 14.4 Å². The molecule has 3 nitrogen and oxygen atoms in total. The van der Waals surface area contributed by atoms with Gasteiger partial charge in [0.2, 0.25) is 5.78 Å². The Morgan fingerprint density at radius 2 is 1.85 bits per heavy atom. The van der Waals surface area contributed by atoms with Crippen molar-refractivity contribution in [2.45, 2.75) is 0 Å². The monoisotopic (exact) mass is 195 g/mol. The Hall–Kier alpha value is -1.48. The van der Waals surface area contributed by atoms with E-state index in [1.807, 2.05) is 0 Å². The predicted octanol–water partition coefficient (Wildman–Crippen LogP) is 1.20. The zero-order valence-corrected chi connectivity index (χ0v) is 7.17. The van der Waals surface area contributed by atoms with Gasteiger partial charge in [-0.2, -0.15) is 0 Å². The summed E-state index contributed by atoms with van der Waals surface area (Å²) < 4.78 is 0. The van der Waals surface area contributed by atoms with Crippen molar-refractivity contribution in [2.24, 2.45) is 0 Å². The fourth-order valence-electron chi connectivity index (χ4n) is 0.814. The SMILES string of the molecule is O=[C]C(=O)C(=O)c1ccccc1Cl. The summed E-state index contributed by atoms with van der Waals surface area (Å²) in [7, 11) is 0. The summed E-state index contributed by atoms with van der Waals surface area (Å²) in [5.74, 6) is -2.14. The van der Waals surface area contributed by atoms with Crippen LogP contribution in [0.1, 0.15) is 10.4 Å². The number of hydrogen-bond donors (Lipinski definition) is 0. The third-order valence-electron chi connectivity index (χ3n) is 1.42. The Morgan fingerprint density at radius 3 is 2.38 bits per heavy atom. The molecule has 1 rings (SSSR count). The maximum absolute atomic E-state index is 11.1. The largest absolute Gasteiger partial charge is 0.285 e. The molecular formula is C9H4ClO3. The summed E-state index contributed by atoms with van der Waals surface area (Å²) in [5, 5.41) is 0.149. The van der Waals surface area contributed by atoms with Crippen LogP contribution in [0, 0.1) is 0 Å². The van der Waals surface area contributed by atoms with Crippen LogP contribution in [0.25, 0.3) is 0 Å². The van der Waals surface area contributed by atoms with Crippen molar-refractivity contribution in [3.63, 3.8) is 0 Å². The molecule has 0 saturated heterocycles. The molecule has 1 radical (unpaired) electrons. The average Bonchev–Trinajstić information content (AvgIpc) is 2.16. The van der Waals surface area contributed by atoms with E-state index in [4.69, 9.17) is 11.6 Å². The van der Waals surface area contributed by atoms with Gasteiger partial charge in [0.15, 0.2) is 0 Å². The number of hydrogen-bond acceptors (Lipinski definition) is 3. The van der Waals surface area contributed by atoms with Gasteiger partial charge in [-0.05, 0) is 12.1 Å². The smallest absolute Gasteiger partial charge is 0.281 e. The molecule has 0 aliphatic rings. The van der Waals surface area contributed by atoms with Gasteiger partial charge in [0, 0.05) is 5.56 Å². The van der Waals surface area contributed by atoms with Crippen molar-refractivity contribution in [2.75, 3.05) is 0 Å². The summed E-state index contributed by atoms with van der Waals surface area (Å²) in [4.78, 5) is 31.6. The highest BCUT2D eigenvalue weighted by molar-refractivity contribution is 6.62. The lowest BCUT2D eigenvalue weighted by Gasteiger charge is -1.97. The average molecular weight is 196 g/mol. The zero-order chi connectivity index (χ0) is 9.84. The molecule has 0 aliphatic carbocycles. The summed E-state index contributed by atoms with van der Waals surface area (Å²) in [5.41, 5.74) is 0.0255. The highest BCUT2D eigenvalue weighted by atomic mass is 35.5. The van der Waals surface area contributed by atoms with Gasteiger partial charge in [-0.1, -0.05) is 23.7 Å². The van der Waals surface area contributed by atoms with E-state index in [1.54, 1.807) is 12.1 Å². The second kappa shape index (κ2) is 3.96. The van der Waals surface area contributed by atoms with Crippen LogP contribution in [0.3, 0.4) is 0 Å². The zero-order valence-electron chi connectivity index (χ0n) is 6.41. The highest BCUT2D eigenvalue weighted by Crippen LogP contribution is 2.15. The van der Waals surface area contributed by atoms with E-state index in [0.717, 1.165) is 6.29 Å². The van der Waals surface area contributed by atoms with E-state index in [0.29, 0.717) is 0 Å². The third-order valence-corrected chi connectivity index (χ3v) is 1.75. The first-order chi connectivity index (χ1) is 6.16. The third kappa shape index (κ3) is 2.00. The molecule has 1 aromatic carbocycles. The molecule has 0 amide bonds. The highest BCUT2D eigenvalue weighted by Gasteiger charge is 2.18. The first kappa shape index (κ1) is 9.61. The van der Waals surface area contributed by atoms with Crippen LogP contribution < -0.4 is 0 Å². The second-order valence-electron chi connectivity index (χ2n) is 2.24. The van der Waals surface area contributed by atoms with Gasteiger partial charge in [-0.15, -0.1) is 0 Å². The van der Waals surface area contributed by atoms with E-state index in [1.165, 1.54) is 12.1 Å². The Morgan fingerprint density at radius 1 is 1.23 bits per heavy atom. The molecule has 65 valence electrons. The molecule has 0 bridgehead atoms. The van der Waals surface area contributed by atoms with Crippen molar-refractivity contribution >= 4 is 29.5 Å². The maximum Gasteiger partial charge on any atom is 0.281 e. The fraction of sp³-hybridized carbons (Fsp3) is 0. The second-order valence-corrected chi connectivity index (χ2v) is 2.65. The van der Waals surface area contributed by atoms with Gasteiger partial charge in [0.05, 0.1) is 5.02 Å². The standard InChI is InChI=1S/C9H4ClO3/c10-7-4-2-1-3-6(7)9(13)8(12)5-11/h1-4H. The first-order valence-electron chi connectivity index (χ1n) is 3.38. The van der Waals surface area contributed by atoms with Gasteiger partial charge in [-0.25, -0.2) is 0 Å². The number of halogens is 1. The van der Waals surface area contributed by atoms with Gasteiger partial charge in [0.25, 0.3) is 12.1 Å². The first-order valence-corrected chi connectivity index (χ1v) is 3.76. The molecule has 0 atom stereocenters. The number of rotatable bonds is 3. The Balaban J connectivity index is 3.09. The number of benzene rings is 1. The van der Waals surface area contributed by atoms with Crippen molar-refractivity contribution in [3.8, 4) is 0 Å². The number of Topliss-reactive ketones (excluding diaryl/α,β-unsaturated/α-hetero) is 2. The van der Waals surface area contributed by atoms with Gasteiger partial charge >= 0.3 is 0 Å². The van der Waals surface area contributed by atoms with Crippen LogP contribution in [0.4, 0.5) is 0 Å². The Kier molecular flexibility index (Phi) is 2.93. The van der Waals surface area contributed by atoms with Gasteiger partial charge < -0.3 is 0 Å². The number of ketones is 2. The van der Waals surface area contributed by atoms with Crippen LogP contribution >= 0.6 is 11.6 Å². The topological polar surface area (TPSA) is 51.2 Å². The number of carbonyl (C=O) groups excluding carboxylic acids is 3. The van der Waals surface area contributed by atoms with Crippen molar-refractivity contribution in [3.05, 3.63) is 34.9 Å². The van der Waals surface area contributed by atoms with Crippen LogP contribution in [0.2, 0.25) is 5.02 Å². The summed E-state index contributed by atoms with van der Waals surface area (Å²) >= 11 is 5.62. The van der Waals surface area contributed by atoms with Crippen LogP contribution in [-0.4, -0.2) is 17.9 Å². The lowest BCUT2D eigenvalue weighted by molar-refractivity contribution is -0.109. The minimum absolute atomic E-state index is 0.0255. The molecule has 0 aromatic heterocycles. The molecule has 0 aliphatic heterocycles. The quantitative estimate of drug-likeness (QED) is 0.414. The Labute approximate surface area is 79.3 Å². The molecule has 4 heteroatoms. The van der Waals surface area contributed by atoms with Crippen LogP contribution in [-0.2, 0) is 9.59 Å². The lowest BCUT2D eigenvalue weighted by atomic mass is 10.1. The molecule has 0 fully saturated rings. The molecular weight excluding hydrogens is 192 g/mol.